The molecule has 2 rings (SSSR count). The van der Waals surface area contributed by atoms with Gasteiger partial charge in [0.05, 0.1) is 13.2 Å². The number of unbranched alkanes of at least 4 members (excludes halogenated alkanes) is 7. The van der Waals surface area contributed by atoms with Crippen LogP contribution in [0.5, 0.6) is 0 Å². The fourth-order valence-electron chi connectivity index (χ4n) is 3.42. The summed E-state index contributed by atoms with van der Waals surface area (Å²) >= 11 is 0. The summed E-state index contributed by atoms with van der Waals surface area (Å²) in [5, 5.41) is 0. The second-order valence-electron chi connectivity index (χ2n) is 7.85. The van der Waals surface area contributed by atoms with Crippen LogP contribution in [0.1, 0.15) is 73.6 Å². The molecular weight excluding hydrogens is 344 g/mol. The minimum atomic E-state index is 0.742. The maximum absolute atomic E-state index is 5.84. The lowest BCUT2D eigenvalue weighted by Crippen LogP contribution is -1.98. The van der Waals surface area contributed by atoms with E-state index >= 15 is 0 Å². The maximum Gasteiger partial charge on any atom is 0.0719 e. The lowest BCUT2D eigenvalue weighted by Gasteiger charge is -2.08. The number of hydrogen-bond acceptors (Lipinski definition) is 2. The Balaban J connectivity index is 1.32. The highest BCUT2D eigenvalue weighted by Gasteiger charge is 1.99. The van der Waals surface area contributed by atoms with Gasteiger partial charge in [0.15, 0.2) is 0 Å². The molecular formula is C26H38O2. The van der Waals surface area contributed by atoms with E-state index in [1.807, 2.05) is 6.07 Å². The zero-order valence-corrected chi connectivity index (χ0v) is 17.9. The largest absolute Gasteiger partial charge is 0.377 e. The molecule has 0 aromatic heterocycles. The highest BCUT2D eigenvalue weighted by molar-refractivity contribution is 5.29. The van der Waals surface area contributed by atoms with Gasteiger partial charge >= 0.3 is 0 Å². The molecule has 0 spiro atoms. The average molecular weight is 383 g/mol. The fraction of sp³-hybridized carbons (Fsp3) is 0.538. The molecule has 0 unspecified atom stereocenters. The van der Waals surface area contributed by atoms with E-state index in [9.17, 15) is 0 Å². The van der Waals surface area contributed by atoms with Crippen molar-refractivity contribution in [2.75, 3.05) is 13.2 Å². The fourth-order valence-corrected chi connectivity index (χ4v) is 3.42. The van der Waals surface area contributed by atoms with Gasteiger partial charge < -0.3 is 9.47 Å². The van der Waals surface area contributed by atoms with Gasteiger partial charge in [0, 0.05) is 13.2 Å². The molecule has 28 heavy (non-hydrogen) atoms. The molecule has 0 aliphatic rings. The van der Waals surface area contributed by atoms with Crippen LogP contribution in [-0.2, 0) is 22.7 Å². The predicted molar refractivity (Wildman–Crippen MR) is 119 cm³/mol. The van der Waals surface area contributed by atoms with Gasteiger partial charge in [0.25, 0.3) is 0 Å². The molecule has 2 heteroatoms. The Morgan fingerprint density at radius 2 is 1.18 bits per heavy atom. The third kappa shape index (κ3) is 10.1. The van der Waals surface area contributed by atoms with Crippen LogP contribution in [0.15, 0.2) is 48.5 Å². The van der Waals surface area contributed by atoms with Crippen molar-refractivity contribution >= 4 is 0 Å². The number of hydrogen-bond donors (Lipinski definition) is 0. The number of benzene rings is 2. The summed E-state index contributed by atoms with van der Waals surface area (Å²) in [5.41, 5.74) is 5.24. The van der Waals surface area contributed by atoms with Gasteiger partial charge in [-0.3, -0.25) is 0 Å². The minimum Gasteiger partial charge on any atom is -0.377 e. The molecule has 2 nitrogen and oxygen atoms in total. The van der Waals surface area contributed by atoms with Gasteiger partial charge in [-0.05, 0) is 43.4 Å². The molecule has 0 N–H and O–H groups in total. The standard InChI is InChI=1S/C26H38O2/c1-23-16-17-26(24(2)20-23)22-28-19-13-8-6-4-3-5-7-12-18-27-21-25-14-10-9-11-15-25/h9-11,14-17,20H,3-8,12-13,18-19,21-22H2,1-2H3. The molecule has 2 aromatic carbocycles. The van der Waals surface area contributed by atoms with Gasteiger partial charge in [-0.15, -0.1) is 0 Å². The first-order valence-electron chi connectivity index (χ1n) is 11.0. The normalized spacial score (nSPS) is 11.1. The van der Waals surface area contributed by atoms with Gasteiger partial charge in [0.2, 0.25) is 0 Å². The minimum absolute atomic E-state index is 0.742. The highest BCUT2D eigenvalue weighted by atomic mass is 16.5. The van der Waals surface area contributed by atoms with Crippen molar-refractivity contribution in [3.05, 3.63) is 70.8 Å². The number of rotatable bonds is 15. The van der Waals surface area contributed by atoms with Gasteiger partial charge in [-0.1, -0.05) is 92.6 Å². The van der Waals surface area contributed by atoms with Crippen LogP contribution in [0, 0.1) is 13.8 Å². The maximum atomic E-state index is 5.84. The van der Waals surface area contributed by atoms with E-state index in [1.165, 1.54) is 73.6 Å². The topological polar surface area (TPSA) is 18.5 Å². The van der Waals surface area contributed by atoms with Crippen LogP contribution in [0.3, 0.4) is 0 Å². The van der Waals surface area contributed by atoms with Crippen LogP contribution in [0.25, 0.3) is 0 Å². The predicted octanol–water partition coefficient (Wildman–Crippen LogP) is 7.16. The van der Waals surface area contributed by atoms with E-state index < -0.39 is 0 Å². The SMILES string of the molecule is Cc1ccc(COCCCCCCCCCCOCc2ccccc2)c(C)c1. The summed E-state index contributed by atoms with van der Waals surface area (Å²) in [4.78, 5) is 0. The molecule has 0 amide bonds. The van der Waals surface area contributed by atoms with E-state index in [0.29, 0.717) is 0 Å². The van der Waals surface area contributed by atoms with E-state index in [4.69, 9.17) is 9.47 Å². The number of aryl methyl sites for hydroxylation is 2. The van der Waals surface area contributed by atoms with Crippen molar-refractivity contribution in [2.24, 2.45) is 0 Å². The molecule has 2 aromatic rings. The molecule has 0 saturated heterocycles. The van der Waals surface area contributed by atoms with Crippen LogP contribution >= 0.6 is 0 Å². The Morgan fingerprint density at radius 3 is 1.79 bits per heavy atom. The zero-order valence-electron chi connectivity index (χ0n) is 17.9. The molecule has 0 atom stereocenters. The lowest BCUT2D eigenvalue weighted by molar-refractivity contribution is 0.115. The van der Waals surface area contributed by atoms with Crippen molar-refractivity contribution in [3.63, 3.8) is 0 Å². The van der Waals surface area contributed by atoms with Crippen LogP contribution in [0.2, 0.25) is 0 Å². The monoisotopic (exact) mass is 382 g/mol. The zero-order chi connectivity index (χ0) is 19.9. The van der Waals surface area contributed by atoms with E-state index in [0.717, 1.165) is 26.4 Å². The molecule has 0 radical (unpaired) electrons. The molecule has 0 fully saturated rings. The van der Waals surface area contributed by atoms with E-state index in [1.54, 1.807) is 0 Å². The first-order valence-corrected chi connectivity index (χ1v) is 11.0. The Kier molecular flexibility index (Phi) is 11.6. The molecule has 0 heterocycles. The van der Waals surface area contributed by atoms with Crippen molar-refractivity contribution in [1.29, 1.82) is 0 Å². The molecule has 0 aliphatic carbocycles. The van der Waals surface area contributed by atoms with E-state index in [-0.39, 0.29) is 0 Å². The summed E-state index contributed by atoms with van der Waals surface area (Å²) in [7, 11) is 0. The van der Waals surface area contributed by atoms with E-state index in [2.05, 4.69) is 56.3 Å². The summed E-state index contributed by atoms with van der Waals surface area (Å²) < 4.78 is 11.6. The molecule has 0 aliphatic heterocycles. The smallest absolute Gasteiger partial charge is 0.0719 e. The van der Waals surface area contributed by atoms with Crippen LogP contribution < -0.4 is 0 Å². The van der Waals surface area contributed by atoms with Crippen LogP contribution in [-0.4, -0.2) is 13.2 Å². The highest BCUT2D eigenvalue weighted by Crippen LogP contribution is 2.13. The van der Waals surface area contributed by atoms with Crippen molar-refractivity contribution in [1.82, 2.24) is 0 Å². The summed E-state index contributed by atoms with van der Waals surface area (Å²) in [6.07, 6.45) is 10.3. The second-order valence-corrected chi connectivity index (χ2v) is 7.85. The third-order valence-electron chi connectivity index (χ3n) is 5.19. The summed E-state index contributed by atoms with van der Waals surface area (Å²) in [5.74, 6) is 0. The first-order chi connectivity index (χ1) is 13.8. The Hall–Kier alpha value is -1.64. The Bertz CT molecular complexity index is 636. The third-order valence-corrected chi connectivity index (χ3v) is 5.19. The molecule has 154 valence electrons. The Labute approximate surface area is 172 Å². The van der Waals surface area contributed by atoms with Gasteiger partial charge in [0.1, 0.15) is 0 Å². The van der Waals surface area contributed by atoms with Crippen molar-refractivity contribution in [2.45, 2.75) is 78.4 Å². The van der Waals surface area contributed by atoms with Gasteiger partial charge in [-0.25, -0.2) is 0 Å². The molecule has 0 saturated carbocycles. The number of ether oxygens (including phenoxy) is 2. The lowest BCUT2D eigenvalue weighted by atomic mass is 10.1. The van der Waals surface area contributed by atoms with Crippen molar-refractivity contribution < 1.29 is 9.47 Å². The Morgan fingerprint density at radius 1 is 0.607 bits per heavy atom. The van der Waals surface area contributed by atoms with Gasteiger partial charge in [-0.2, -0.15) is 0 Å². The quantitative estimate of drug-likeness (QED) is 0.304. The van der Waals surface area contributed by atoms with Crippen molar-refractivity contribution in [3.8, 4) is 0 Å². The average Bonchev–Trinajstić information content (AvgIpc) is 2.70. The first kappa shape index (κ1) is 22.6. The summed E-state index contributed by atoms with van der Waals surface area (Å²) in [6, 6.07) is 17.0. The molecule has 0 bridgehead atoms. The summed E-state index contributed by atoms with van der Waals surface area (Å²) in [6.45, 7) is 7.56. The van der Waals surface area contributed by atoms with Crippen LogP contribution in [0.4, 0.5) is 0 Å². The second kappa shape index (κ2) is 14.4.